The van der Waals surface area contributed by atoms with E-state index in [1.807, 2.05) is 49.4 Å². The highest BCUT2D eigenvalue weighted by Gasteiger charge is 2.28. The molecule has 0 bridgehead atoms. The number of hydrogen-bond acceptors (Lipinski definition) is 5. The summed E-state index contributed by atoms with van der Waals surface area (Å²) in [5.74, 6) is -1.42. The summed E-state index contributed by atoms with van der Waals surface area (Å²) >= 11 is 1.34. The third kappa shape index (κ3) is 3.90. The average molecular weight is 470 g/mol. The number of carbonyl (C=O) groups is 1. The van der Waals surface area contributed by atoms with Gasteiger partial charge in [-0.1, -0.05) is 41.7 Å². The molecule has 0 aliphatic heterocycles. The van der Waals surface area contributed by atoms with Crippen LogP contribution in [-0.4, -0.2) is 37.7 Å². The maximum absolute atomic E-state index is 14.4. The van der Waals surface area contributed by atoms with E-state index in [4.69, 9.17) is 0 Å². The summed E-state index contributed by atoms with van der Waals surface area (Å²) in [7, 11) is -1.45. The fourth-order valence-electron chi connectivity index (χ4n) is 3.23. The smallest absolute Gasteiger partial charge is 0.264 e. The third-order valence-corrected chi connectivity index (χ3v) is 7.82. The lowest BCUT2D eigenvalue weighted by Gasteiger charge is -2.22. The zero-order valence-corrected chi connectivity index (χ0v) is 19.2. The largest absolute Gasteiger partial charge is 0.268 e. The third-order valence-electron chi connectivity index (χ3n) is 4.97. The van der Waals surface area contributed by atoms with Crippen LogP contribution in [-0.2, 0) is 10.0 Å². The maximum Gasteiger partial charge on any atom is 0.264 e. The van der Waals surface area contributed by atoms with E-state index in [-0.39, 0.29) is 5.56 Å². The fourth-order valence-corrected chi connectivity index (χ4v) is 5.19. The van der Waals surface area contributed by atoms with Gasteiger partial charge in [0.25, 0.3) is 5.91 Å². The van der Waals surface area contributed by atoms with Crippen LogP contribution in [0.4, 0.5) is 15.2 Å². The summed E-state index contributed by atoms with van der Waals surface area (Å²) in [6, 6.07) is 18.2. The number of carbonyl (C=O) groups excluding carboxylic acids is 1. The van der Waals surface area contributed by atoms with Gasteiger partial charge in [-0.3, -0.25) is 9.69 Å². The first-order valence-electron chi connectivity index (χ1n) is 9.68. The predicted octanol–water partition coefficient (Wildman–Crippen LogP) is 4.97. The van der Waals surface area contributed by atoms with Crippen molar-refractivity contribution in [3.05, 3.63) is 83.7 Å². The quantitative estimate of drug-likeness (QED) is 0.414. The molecule has 0 aliphatic carbocycles. The Labute approximate surface area is 189 Å². The van der Waals surface area contributed by atoms with E-state index in [1.165, 1.54) is 36.4 Å². The Morgan fingerprint density at radius 3 is 2.38 bits per heavy atom. The van der Waals surface area contributed by atoms with Crippen molar-refractivity contribution in [3.8, 4) is 0 Å². The number of para-hydroxylation sites is 2. The minimum Gasteiger partial charge on any atom is -0.268 e. The molecule has 1 aromatic heterocycles. The van der Waals surface area contributed by atoms with Crippen LogP contribution in [0.1, 0.15) is 15.9 Å². The molecule has 4 aromatic rings. The van der Waals surface area contributed by atoms with Crippen molar-refractivity contribution in [2.75, 3.05) is 19.0 Å². The van der Waals surface area contributed by atoms with E-state index in [1.54, 1.807) is 6.07 Å². The van der Waals surface area contributed by atoms with E-state index in [0.717, 1.165) is 32.2 Å². The number of benzene rings is 3. The molecule has 32 heavy (non-hydrogen) atoms. The molecule has 0 spiro atoms. The van der Waals surface area contributed by atoms with Crippen molar-refractivity contribution in [1.29, 1.82) is 0 Å². The highest BCUT2D eigenvalue weighted by molar-refractivity contribution is 7.89. The number of hydrogen-bond donors (Lipinski definition) is 0. The number of aromatic nitrogens is 1. The molecular weight excluding hydrogens is 449 g/mol. The van der Waals surface area contributed by atoms with Crippen LogP contribution in [0.5, 0.6) is 0 Å². The lowest BCUT2D eigenvalue weighted by atomic mass is 10.1. The maximum atomic E-state index is 14.4. The van der Waals surface area contributed by atoms with Crippen LogP contribution < -0.4 is 4.90 Å². The molecule has 164 valence electrons. The highest BCUT2D eigenvalue weighted by atomic mass is 32.2. The number of amides is 1. The number of nitrogens with zero attached hydrogens (tertiary/aromatic N) is 3. The van der Waals surface area contributed by atoms with Crippen molar-refractivity contribution in [2.24, 2.45) is 0 Å². The predicted molar refractivity (Wildman–Crippen MR) is 125 cm³/mol. The minimum absolute atomic E-state index is 0.0364. The summed E-state index contributed by atoms with van der Waals surface area (Å²) < 4.78 is 41.3. The molecule has 0 saturated carbocycles. The summed E-state index contributed by atoms with van der Waals surface area (Å²) in [6.45, 7) is 1.87. The molecule has 0 N–H and O–H groups in total. The van der Waals surface area contributed by atoms with Gasteiger partial charge in [-0.25, -0.2) is 22.1 Å². The van der Waals surface area contributed by atoms with Gasteiger partial charge in [0.2, 0.25) is 10.0 Å². The normalized spacial score (nSPS) is 11.8. The van der Waals surface area contributed by atoms with E-state index in [2.05, 4.69) is 4.98 Å². The van der Waals surface area contributed by atoms with Crippen molar-refractivity contribution in [3.63, 3.8) is 0 Å². The zero-order valence-electron chi connectivity index (χ0n) is 17.6. The van der Waals surface area contributed by atoms with Crippen LogP contribution in [0, 0.1) is 12.7 Å². The van der Waals surface area contributed by atoms with Gasteiger partial charge in [0.15, 0.2) is 5.13 Å². The van der Waals surface area contributed by atoms with Gasteiger partial charge >= 0.3 is 0 Å². The lowest BCUT2D eigenvalue weighted by Crippen LogP contribution is -2.28. The zero-order chi connectivity index (χ0) is 23.0. The van der Waals surface area contributed by atoms with Gasteiger partial charge in [0.05, 0.1) is 15.9 Å². The molecule has 1 heterocycles. The van der Waals surface area contributed by atoms with E-state index in [9.17, 15) is 17.6 Å². The number of fused-ring (bicyclic) bond motifs is 1. The van der Waals surface area contributed by atoms with Crippen molar-refractivity contribution in [2.45, 2.75) is 11.8 Å². The lowest BCUT2D eigenvalue weighted by molar-refractivity contribution is 0.0999. The van der Waals surface area contributed by atoms with Crippen LogP contribution in [0.3, 0.4) is 0 Å². The van der Waals surface area contributed by atoms with Crippen molar-refractivity contribution >= 4 is 48.3 Å². The Bertz CT molecular complexity index is 1400. The van der Waals surface area contributed by atoms with Gasteiger partial charge in [0.1, 0.15) is 10.7 Å². The Balaban J connectivity index is 1.89. The van der Waals surface area contributed by atoms with Crippen LogP contribution >= 0.6 is 11.3 Å². The summed E-state index contributed by atoms with van der Waals surface area (Å²) in [4.78, 5) is 19.2. The Hall–Kier alpha value is -3.14. The van der Waals surface area contributed by atoms with E-state index >= 15 is 0 Å². The molecule has 0 radical (unpaired) electrons. The number of thiazole rings is 1. The second kappa shape index (κ2) is 8.42. The first-order valence-corrected chi connectivity index (χ1v) is 11.9. The Morgan fingerprint density at radius 2 is 1.69 bits per heavy atom. The minimum atomic E-state index is -4.07. The standard InChI is InChI=1S/C23H20FN3O3S2/c1-15-8-4-6-10-19(15)27(23-25-18-9-5-7-11-20(18)31-23)22(28)16-12-13-17(24)21(14-16)32(29,30)26(2)3/h4-14H,1-3H3. The Morgan fingerprint density at radius 1 is 1.00 bits per heavy atom. The highest BCUT2D eigenvalue weighted by Crippen LogP contribution is 2.36. The Kier molecular flexibility index (Phi) is 5.81. The molecule has 9 heteroatoms. The number of rotatable bonds is 5. The molecule has 0 fully saturated rings. The molecule has 6 nitrogen and oxygen atoms in total. The van der Waals surface area contributed by atoms with E-state index < -0.39 is 26.6 Å². The van der Waals surface area contributed by atoms with Crippen molar-refractivity contribution in [1.82, 2.24) is 9.29 Å². The number of sulfonamides is 1. The number of halogens is 1. The summed E-state index contributed by atoms with van der Waals surface area (Å²) in [5.41, 5.74) is 2.23. The van der Waals surface area contributed by atoms with E-state index in [0.29, 0.717) is 10.8 Å². The summed E-state index contributed by atoms with van der Waals surface area (Å²) in [5, 5.41) is 0.437. The first kappa shape index (κ1) is 22.1. The van der Waals surface area contributed by atoms with Crippen molar-refractivity contribution < 1.29 is 17.6 Å². The molecule has 0 aliphatic rings. The van der Waals surface area contributed by atoms with Crippen LogP contribution in [0.15, 0.2) is 71.6 Å². The van der Waals surface area contributed by atoms with Gasteiger partial charge in [0, 0.05) is 19.7 Å². The second-order valence-electron chi connectivity index (χ2n) is 7.32. The SMILES string of the molecule is Cc1ccccc1N(C(=O)c1ccc(F)c(S(=O)(=O)N(C)C)c1)c1nc2ccccc2s1. The van der Waals surface area contributed by atoms with Crippen LogP contribution in [0.2, 0.25) is 0 Å². The van der Waals surface area contributed by atoms with Crippen LogP contribution in [0.25, 0.3) is 10.2 Å². The number of aryl methyl sites for hydroxylation is 1. The van der Waals surface area contributed by atoms with Gasteiger partial charge in [-0.05, 0) is 48.9 Å². The molecule has 0 saturated heterocycles. The topological polar surface area (TPSA) is 70.6 Å². The molecule has 0 unspecified atom stereocenters. The average Bonchev–Trinajstić information content (AvgIpc) is 3.19. The monoisotopic (exact) mass is 469 g/mol. The number of anilines is 2. The second-order valence-corrected chi connectivity index (χ2v) is 10.5. The molecule has 0 atom stereocenters. The summed E-state index contributed by atoms with van der Waals surface area (Å²) in [6.07, 6.45) is 0. The first-order chi connectivity index (χ1) is 15.2. The van der Waals surface area contributed by atoms with Gasteiger partial charge in [-0.2, -0.15) is 0 Å². The molecule has 3 aromatic carbocycles. The molecular formula is C23H20FN3O3S2. The van der Waals surface area contributed by atoms with Gasteiger partial charge < -0.3 is 0 Å². The molecule has 4 rings (SSSR count). The molecule has 1 amide bonds. The fraction of sp³-hybridized carbons (Fsp3) is 0.130. The van der Waals surface area contributed by atoms with Gasteiger partial charge in [-0.15, -0.1) is 0 Å².